The van der Waals surface area contributed by atoms with Crippen molar-refractivity contribution in [3.05, 3.63) is 16.0 Å². The topological polar surface area (TPSA) is 102 Å². The average Bonchev–Trinajstić information content (AvgIpc) is 2.25. The van der Waals surface area contributed by atoms with E-state index in [2.05, 4.69) is 10.3 Å². The van der Waals surface area contributed by atoms with Gasteiger partial charge in [0.05, 0.1) is 6.10 Å². The second kappa shape index (κ2) is 5.32. The number of rotatable bonds is 4. The van der Waals surface area contributed by atoms with E-state index in [-0.39, 0.29) is 23.9 Å². The van der Waals surface area contributed by atoms with E-state index in [1.54, 1.807) is 27.1 Å². The van der Waals surface area contributed by atoms with Gasteiger partial charge in [-0.1, -0.05) is 0 Å². The molecular weight excluding hydrogens is 224 g/mol. The summed E-state index contributed by atoms with van der Waals surface area (Å²) < 4.78 is 4.84. The van der Waals surface area contributed by atoms with Crippen LogP contribution in [-0.4, -0.2) is 36.8 Å². The molecule has 17 heavy (non-hydrogen) atoms. The fraction of sp³-hybridized carbons (Fsp3) is 0.500. The fourth-order valence-corrected chi connectivity index (χ4v) is 1.07. The first kappa shape index (κ1) is 13.0. The molecule has 0 aliphatic carbocycles. The zero-order valence-electron chi connectivity index (χ0n) is 9.89. The van der Waals surface area contributed by atoms with E-state index in [4.69, 9.17) is 14.8 Å². The van der Waals surface area contributed by atoms with Gasteiger partial charge in [-0.15, -0.1) is 0 Å². The van der Waals surface area contributed by atoms with Crippen LogP contribution in [0, 0.1) is 11.3 Å². The van der Waals surface area contributed by atoms with Crippen LogP contribution in [0.3, 0.4) is 0 Å². The molecule has 0 radical (unpaired) electrons. The van der Waals surface area contributed by atoms with E-state index >= 15 is 0 Å². The highest BCUT2D eigenvalue weighted by atomic mass is 16.4. The van der Waals surface area contributed by atoms with Gasteiger partial charge in [0.15, 0.2) is 11.4 Å². The van der Waals surface area contributed by atoms with Gasteiger partial charge in [-0.2, -0.15) is 10.2 Å². The van der Waals surface area contributed by atoms with E-state index in [0.29, 0.717) is 0 Å². The number of nitriles is 1. The van der Waals surface area contributed by atoms with Crippen LogP contribution >= 0.6 is 0 Å². The van der Waals surface area contributed by atoms with E-state index in [9.17, 15) is 4.79 Å². The average molecular weight is 238 g/mol. The second-order valence-electron chi connectivity index (χ2n) is 3.74. The van der Waals surface area contributed by atoms with Crippen molar-refractivity contribution in [1.82, 2.24) is 4.98 Å². The molecule has 0 bridgehead atoms. The summed E-state index contributed by atoms with van der Waals surface area (Å²) in [5.74, 6) is 0.119. The third kappa shape index (κ3) is 3.19. The Morgan fingerprint density at radius 1 is 1.65 bits per heavy atom. The maximum absolute atomic E-state index is 11.5. The number of aromatic nitrogens is 1. The molecule has 7 heteroatoms. The van der Waals surface area contributed by atoms with Crippen LogP contribution in [0.2, 0.25) is 0 Å². The van der Waals surface area contributed by atoms with Crippen molar-refractivity contribution in [3.63, 3.8) is 0 Å². The van der Waals surface area contributed by atoms with E-state index in [0.717, 1.165) is 0 Å². The molecule has 92 valence electrons. The third-order valence-electron chi connectivity index (χ3n) is 1.89. The highest BCUT2D eigenvalue weighted by Gasteiger charge is 2.14. The van der Waals surface area contributed by atoms with Gasteiger partial charge < -0.3 is 19.7 Å². The van der Waals surface area contributed by atoms with Gasteiger partial charge in [0.2, 0.25) is 0 Å². The summed E-state index contributed by atoms with van der Waals surface area (Å²) in [6, 6.07) is 1.82. The largest absolute Gasteiger partial charge is 0.392 e. The molecule has 0 saturated carbocycles. The molecule has 0 aliphatic rings. The molecule has 0 saturated heterocycles. The lowest BCUT2D eigenvalue weighted by Crippen LogP contribution is -2.22. The van der Waals surface area contributed by atoms with Crippen LogP contribution in [0.25, 0.3) is 0 Å². The molecule has 0 fully saturated rings. The maximum Gasteiger partial charge on any atom is 0.360 e. The van der Waals surface area contributed by atoms with Crippen molar-refractivity contribution in [3.8, 4) is 6.07 Å². The molecule has 1 heterocycles. The van der Waals surface area contributed by atoms with Crippen molar-refractivity contribution in [2.24, 2.45) is 0 Å². The predicted molar refractivity (Wildman–Crippen MR) is 62.0 cm³/mol. The second-order valence-corrected chi connectivity index (χ2v) is 3.74. The summed E-state index contributed by atoms with van der Waals surface area (Å²) in [6.45, 7) is 1.77. The summed E-state index contributed by atoms with van der Waals surface area (Å²) in [7, 11) is 3.32. The van der Waals surface area contributed by atoms with Crippen LogP contribution in [-0.2, 0) is 0 Å². The molecular formula is C10H14N4O3. The van der Waals surface area contributed by atoms with E-state index < -0.39 is 11.7 Å². The first-order chi connectivity index (χ1) is 7.95. The van der Waals surface area contributed by atoms with Crippen molar-refractivity contribution < 1.29 is 9.52 Å². The highest BCUT2D eigenvalue weighted by Crippen LogP contribution is 2.13. The number of nitrogens with zero attached hydrogens (tertiary/aromatic N) is 3. The van der Waals surface area contributed by atoms with Gasteiger partial charge in [0.25, 0.3) is 0 Å². The number of aliphatic hydroxyl groups excluding tert-OH is 1. The Morgan fingerprint density at radius 2 is 2.29 bits per heavy atom. The number of anilines is 2. The number of aliphatic hydroxyl groups is 1. The highest BCUT2D eigenvalue weighted by molar-refractivity contribution is 5.52. The van der Waals surface area contributed by atoms with Gasteiger partial charge in [-0.3, -0.25) is 0 Å². The lowest BCUT2D eigenvalue weighted by Gasteiger charge is -2.12. The first-order valence-corrected chi connectivity index (χ1v) is 5.00. The summed E-state index contributed by atoms with van der Waals surface area (Å²) >= 11 is 0. The normalized spacial score (nSPS) is 11.7. The predicted octanol–water partition coefficient (Wildman–Crippen LogP) is -0.235. The Balaban J connectivity index is 3.16. The van der Waals surface area contributed by atoms with Crippen LogP contribution in [0.4, 0.5) is 11.8 Å². The molecule has 1 aromatic rings. The Bertz CT molecular complexity index is 487. The summed E-state index contributed by atoms with van der Waals surface area (Å²) in [5, 5.41) is 20.7. The van der Waals surface area contributed by atoms with Crippen molar-refractivity contribution in [2.45, 2.75) is 13.0 Å². The lowest BCUT2D eigenvalue weighted by molar-refractivity contribution is 0.208. The van der Waals surface area contributed by atoms with Crippen LogP contribution in [0.5, 0.6) is 0 Å². The maximum atomic E-state index is 11.5. The molecule has 0 spiro atoms. The third-order valence-corrected chi connectivity index (χ3v) is 1.89. The lowest BCUT2D eigenvalue weighted by atomic mass is 10.3. The monoisotopic (exact) mass is 238 g/mol. The van der Waals surface area contributed by atoms with Crippen LogP contribution in [0.15, 0.2) is 9.21 Å². The van der Waals surface area contributed by atoms with Gasteiger partial charge >= 0.3 is 11.6 Å². The number of hydrogen-bond donors (Lipinski definition) is 2. The number of nitrogens with one attached hydrogen (secondary N) is 1. The van der Waals surface area contributed by atoms with Crippen molar-refractivity contribution in [1.29, 1.82) is 5.26 Å². The SMILES string of the molecule is CC(O)CNc1nc(N(C)C)oc(=O)c1C#N. The number of hydrogen-bond acceptors (Lipinski definition) is 7. The Kier molecular flexibility index (Phi) is 4.06. The van der Waals surface area contributed by atoms with E-state index in [1.807, 2.05) is 0 Å². The molecule has 1 rings (SSSR count). The Hall–Kier alpha value is -2.07. The molecule has 1 unspecified atom stereocenters. The van der Waals surface area contributed by atoms with Crippen molar-refractivity contribution in [2.75, 3.05) is 30.9 Å². The van der Waals surface area contributed by atoms with Crippen LogP contribution < -0.4 is 15.8 Å². The molecule has 1 atom stereocenters. The van der Waals surface area contributed by atoms with Crippen LogP contribution in [0.1, 0.15) is 12.5 Å². The summed E-state index contributed by atoms with van der Waals surface area (Å²) in [6.07, 6.45) is -0.613. The quantitative estimate of drug-likeness (QED) is 0.746. The molecule has 0 aliphatic heterocycles. The standard InChI is InChI=1S/C10H14N4O3/c1-6(15)5-12-8-7(4-11)9(16)17-10(13-8)14(2)3/h6,12,15H,5H2,1-3H3. The summed E-state index contributed by atoms with van der Waals surface area (Å²) in [5.41, 5.74) is -0.949. The molecule has 0 aromatic carbocycles. The minimum absolute atomic E-state index is 0.0992. The van der Waals surface area contributed by atoms with Gasteiger partial charge in [-0.25, -0.2) is 4.79 Å². The summed E-state index contributed by atoms with van der Waals surface area (Å²) in [4.78, 5) is 17.0. The zero-order valence-corrected chi connectivity index (χ0v) is 9.89. The fourth-order valence-electron chi connectivity index (χ4n) is 1.07. The molecule has 1 aromatic heterocycles. The van der Waals surface area contributed by atoms with Gasteiger partial charge in [0.1, 0.15) is 6.07 Å². The molecule has 7 nitrogen and oxygen atoms in total. The molecule has 0 amide bonds. The smallest absolute Gasteiger partial charge is 0.360 e. The minimum Gasteiger partial charge on any atom is -0.392 e. The van der Waals surface area contributed by atoms with Crippen molar-refractivity contribution >= 4 is 11.8 Å². The van der Waals surface area contributed by atoms with Gasteiger partial charge in [-0.05, 0) is 6.92 Å². The van der Waals surface area contributed by atoms with Gasteiger partial charge in [0, 0.05) is 20.6 Å². The Morgan fingerprint density at radius 3 is 2.76 bits per heavy atom. The molecule has 2 N–H and O–H groups in total. The zero-order chi connectivity index (χ0) is 13.0. The minimum atomic E-state index is -0.751. The van der Waals surface area contributed by atoms with E-state index in [1.165, 1.54) is 4.90 Å². The first-order valence-electron chi connectivity index (χ1n) is 5.00. The Labute approximate surface area is 98.3 Å².